The number of aromatic hydroxyl groups is 1. The van der Waals surface area contributed by atoms with Gasteiger partial charge in [0.2, 0.25) is 0 Å². The van der Waals surface area contributed by atoms with Gasteiger partial charge in [0.25, 0.3) is 0 Å². The second kappa shape index (κ2) is 8.02. The van der Waals surface area contributed by atoms with Crippen LogP contribution in [0.1, 0.15) is 59.4 Å². The van der Waals surface area contributed by atoms with E-state index in [1.54, 1.807) is 18.2 Å². The molecule has 0 amide bonds. The minimum absolute atomic E-state index is 0.0523. The van der Waals surface area contributed by atoms with Gasteiger partial charge in [0.05, 0.1) is 13.2 Å². The fourth-order valence-corrected chi connectivity index (χ4v) is 3.24. The van der Waals surface area contributed by atoms with Crippen molar-refractivity contribution >= 4 is 5.78 Å². The molecular weight excluding hydrogens is 304 g/mol. The minimum Gasteiger partial charge on any atom is -0.504 e. The number of aliphatic hydroxyl groups excluding tert-OH is 1. The Morgan fingerprint density at radius 1 is 1.21 bits per heavy atom. The maximum absolute atomic E-state index is 12.2. The molecule has 0 saturated heterocycles. The second-order valence-corrected chi connectivity index (χ2v) is 8.49. The van der Waals surface area contributed by atoms with Crippen LogP contribution >= 0.6 is 0 Å². The summed E-state index contributed by atoms with van der Waals surface area (Å²) in [7, 11) is 1.50. The molecule has 0 aromatic heterocycles. The summed E-state index contributed by atoms with van der Waals surface area (Å²) in [6.45, 7) is 10.5. The first-order valence-electron chi connectivity index (χ1n) is 8.50. The number of carbonyl (C=O) groups is 1. The molecule has 136 valence electrons. The molecule has 1 atom stereocenters. The number of ether oxygens (including phenoxy) is 1. The lowest BCUT2D eigenvalue weighted by Gasteiger charge is -2.36. The Balaban J connectivity index is 2.57. The lowest BCUT2D eigenvalue weighted by Crippen LogP contribution is -2.35. The molecule has 0 bridgehead atoms. The summed E-state index contributed by atoms with van der Waals surface area (Å²) in [5.74, 6) is 0.551. The zero-order valence-corrected chi connectivity index (χ0v) is 15.8. The van der Waals surface area contributed by atoms with Gasteiger partial charge in [-0.05, 0) is 41.4 Å². The van der Waals surface area contributed by atoms with Crippen LogP contribution < -0.4 is 4.74 Å². The third-order valence-corrected chi connectivity index (χ3v) is 4.25. The SMILES string of the molecule is COc1cc(CCC(=O)CC(O)C(C)(C)CC(C)(C)C)ccc1O. The van der Waals surface area contributed by atoms with Gasteiger partial charge in [0.15, 0.2) is 11.5 Å². The van der Waals surface area contributed by atoms with E-state index in [4.69, 9.17) is 4.74 Å². The van der Waals surface area contributed by atoms with Gasteiger partial charge in [0.1, 0.15) is 5.78 Å². The van der Waals surface area contributed by atoms with Gasteiger partial charge in [-0.25, -0.2) is 0 Å². The predicted molar refractivity (Wildman–Crippen MR) is 96.5 cm³/mol. The zero-order valence-electron chi connectivity index (χ0n) is 15.8. The van der Waals surface area contributed by atoms with Crippen molar-refractivity contribution in [3.05, 3.63) is 23.8 Å². The second-order valence-electron chi connectivity index (χ2n) is 8.49. The van der Waals surface area contributed by atoms with Crippen LogP contribution in [0.4, 0.5) is 0 Å². The van der Waals surface area contributed by atoms with E-state index < -0.39 is 6.10 Å². The molecule has 0 fully saturated rings. The van der Waals surface area contributed by atoms with Crippen molar-refractivity contribution in [2.24, 2.45) is 10.8 Å². The number of benzene rings is 1. The van der Waals surface area contributed by atoms with E-state index >= 15 is 0 Å². The van der Waals surface area contributed by atoms with Crippen LogP contribution in [0.3, 0.4) is 0 Å². The van der Waals surface area contributed by atoms with E-state index in [2.05, 4.69) is 20.8 Å². The molecule has 0 aliphatic rings. The highest BCUT2D eigenvalue weighted by molar-refractivity contribution is 5.79. The molecule has 2 N–H and O–H groups in total. The van der Waals surface area contributed by atoms with Gasteiger partial charge < -0.3 is 14.9 Å². The average molecular weight is 336 g/mol. The Bertz CT molecular complexity index is 555. The van der Waals surface area contributed by atoms with E-state index in [9.17, 15) is 15.0 Å². The minimum atomic E-state index is -0.640. The Morgan fingerprint density at radius 3 is 2.38 bits per heavy atom. The smallest absolute Gasteiger partial charge is 0.160 e. The predicted octanol–water partition coefficient (Wildman–Crippen LogP) is 4.12. The third-order valence-electron chi connectivity index (χ3n) is 4.25. The lowest BCUT2D eigenvalue weighted by molar-refractivity contribution is -0.123. The number of ketones is 1. The maximum atomic E-state index is 12.2. The highest BCUT2D eigenvalue weighted by atomic mass is 16.5. The average Bonchev–Trinajstić information content (AvgIpc) is 2.43. The summed E-state index contributed by atoms with van der Waals surface area (Å²) in [6, 6.07) is 5.09. The summed E-state index contributed by atoms with van der Waals surface area (Å²) in [6.07, 6.45) is 1.33. The quantitative estimate of drug-likeness (QED) is 0.749. The van der Waals surface area contributed by atoms with Crippen LogP contribution in [0, 0.1) is 10.8 Å². The Morgan fingerprint density at radius 2 is 1.83 bits per heavy atom. The van der Waals surface area contributed by atoms with Crippen molar-refractivity contribution in [1.29, 1.82) is 0 Å². The lowest BCUT2D eigenvalue weighted by atomic mass is 9.72. The molecule has 0 spiro atoms. The van der Waals surface area contributed by atoms with Crippen LogP contribution in [0.15, 0.2) is 18.2 Å². The summed E-state index contributed by atoms with van der Waals surface area (Å²) in [4.78, 5) is 12.2. The Hall–Kier alpha value is -1.55. The number of aliphatic hydroxyl groups is 1. The Kier molecular flexibility index (Phi) is 6.85. The third kappa shape index (κ3) is 6.52. The van der Waals surface area contributed by atoms with Crippen molar-refractivity contribution in [2.75, 3.05) is 7.11 Å². The van der Waals surface area contributed by atoms with Crippen LogP contribution in [0.2, 0.25) is 0 Å². The van der Waals surface area contributed by atoms with Crippen LogP contribution in [0.25, 0.3) is 0 Å². The molecule has 1 rings (SSSR count). The normalized spacial score (nSPS) is 13.6. The number of carbonyl (C=O) groups excluding carboxylic acids is 1. The molecule has 24 heavy (non-hydrogen) atoms. The van der Waals surface area contributed by atoms with Gasteiger partial charge >= 0.3 is 0 Å². The van der Waals surface area contributed by atoms with E-state index in [-0.39, 0.29) is 28.8 Å². The molecule has 4 heteroatoms. The number of hydrogen-bond acceptors (Lipinski definition) is 4. The fraction of sp³-hybridized carbons (Fsp3) is 0.650. The standard InChI is InChI=1S/C20H32O4/c1-19(2,3)13-20(4,5)18(23)12-15(21)9-7-14-8-10-16(22)17(11-14)24-6/h8,10-11,18,22-23H,7,9,12-13H2,1-6H3. The maximum Gasteiger partial charge on any atom is 0.160 e. The van der Waals surface area contributed by atoms with Crippen molar-refractivity contribution in [3.63, 3.8) is 0 Å². The van der Waals surface area contributed by atoms with Crippen LogP contribution in [0.5, 0.6) is 11.5 Å². The summed E-state index contributed by atoms with van der Waals surface area (Å²) >= 11 is 0. The number of hydrogen-bond donors (Lipinski definition) is 2. The number of aryl methyl sites for hydroxylation is 1. The molecule has 1 unspecified atom stereocenters. The van der Waals surface area contributed by atoms with Gasteiger partial charge in [0, 0.05) is 12.8 Å². The van der Waals surface area contributed by atoms with Crippen molar-refractivity contribution in [3.8, 4) is 11.5 Å². The van der Waals surface area contributed by atoms with Gasteiger partial charge in [-0.2, -0.15) is 0 Å². The number of phenols is 1. The van der Waals surface area contributed by atoms with Gasteiger partial charge in [-0.1, -0.05) is 40.7 Å². The van der Waals surface area contributed by atoms with E-state index in [1.165, 1.54) is 7.11 Å². The van der Waals surface area contributed by atoms with Crippen molar-refractivity contribution in [2.45, 2.75) is 66.4 Å². The van der Waals surface area contributed by atoms with E-state index in [0.29, 0.717) is 18.6 Å². The topological polar surface area (TPSA) is 66.8 Å². The molecule has 0 heterocycles. The van der Waals surface area contributed by atoms with Crippen molar-refractivity contribution in [1.82, 2.24) is 0 Å². The Labute approximate surface area is 145 Å². The van der Waals surface area contributed by atoms with Gasteiger partial charge in [-0.3, -0.25) is 4.79 Å². The number of phenolic OH excluding ortho intramolecular Hbond substituents is 1. The monoisotopic (exact) mass is 336 g/mol. The number of Topliss-reactive ketones (excluding diaryl/α,β-unsaturated/α-hetero) is 1. The molecule has 0 aliphatic heterocycles. The fourth-order valence-electron chi connectivity index (χ4n) is 3.24. The first-order valence-corrected chi connectivity index (χ1v) is 8.50. The first kappa shape index (κ1) is 20.5. The van der Waals surface area contributed by atoms with Crippen LogP contribution in [-0.4, -0.2) is 29.2 Å². The molecule has 1 aromatic carbocycles. The molecule has 0 saturated carbocycles. The summed E-state index contributed by atoms with van der Waals surface area (Å²) < 4.78 is 5.07. The molecule has 0 radical (unpaired) electrons. The highest BCUT2D eigenvalue weighted by Gasteiger charge is 2.33. The van der Waals surface area contributed by atoms with Crippen molar-refractivity contribution < 1.29 is 19.7 Å². The molecule has 1 aromatic rings. The molecule has 0 aliphatic carbocycles. The number of methoxy groups -OCH3 is 1. The van der Waals surface area contributed by atoms with Crippen LogP contribution in [-0.2, 0) is 11.2 Å². The zero-order chi connectivity index (χ0) is 18.5. The summed E-state index contributed by atoms with van der Waals surface area (Å²) in [5, 5.41) is 20.0. The van der Waals surface area contributed by atoms with E-state index in [0.717, 1.165) is 12.0 Å². The summed E-state index contributed by atoms with van der Waals surface area (Å²) in [5.41, 5.74) is 0.743. The number of rotatable bonds is 8. The highest BCUT2D eigenvalue weighted by Crippen LogP contribution is 2.37. The van der Waals surface area contributed by atoms with Gasteiger partial charge in [-0.15, -0.1) is 0 Å². The molecule has 4 nitrogen and oxygen atoms in total. The molecular formula is C20H32O4. The first-order chi connectivity index (χ1) is 10.9. The largest absolute Gasteiger partial charge is 0.504 e. The van der Waals surface area contributed by atoms with E-state index in [1.807, 2.05) is 13.8 Å².